The standard InChI is InChI=1S/C27H27N3O5/c1-4-27(26(33)34,30-21-22(31)23(32)24(21)35-16(2)3)15-17-9-11-19(12-10-17)29-25-20-8-6-5-7-18(20)13-14-28-25/h5-14,16,30H,4,15H2,1-3H3,(H,28,29)(H,33,34)/t27-/m0/s1. The normalized spacial score (nSPS) is 13.0. The van der Waals surface area contributed by atoms with Crippen LogP contribution >= 0.6 is 0 Å². The lowest BCUT2D eigenvalue weighted by Gasteiger charge is -2.32. The Morgan fingerprint density at radius 1 is 1.06 bits per heavy atom. The van der Waals surface area contributed by atoms with Gasteiger partial charge in [-0.25, -0.2) is 9.78 Å². The van der Waals surface area contributed by atoms with Crippen molar-refractivity contribution in [3.05, 3.63) is 86.8 Å². The number of aliphatic carboxylic acids is 1. The van der Waals surface area contributed by atoms with Crippen LogP contribution in [0.3, 0.4) is 0 Å². The lowest BCUT2D eigenvalue weighted by atomic mass is 9.87. The average molecular weight is 474 g/mol. The first-order valence-corrected chi connectivity index (χ1v) is 11.5. The van der Waals surface area contributed by atoms with Crippen molar-refractivity contribution in [1.82, 2.24) is 4.98 Å². The van der Waals surface area contributed by atoms with E-state index in [1.54, 1.807) is 27.0 Å². The van der Waals surface area contributed by atoms with E-state index in [1.165, 1.54) is 0 Å². The Morgan fingerprint density at radius 3 is 2.43 bits per heavy atom. The van der Waals surface area contributed by atoms with Gasteiger partial charge in [-0.2, -0.15) is 0 Å². The molecular weight excluding hydrogens is 446 g/mol. The van der Waals surface area contributed by atoms with Crippen LogP contribution in [0.4, 0.5) is 17.2 Å². The monoisotopic (exact) mass is 473 g/mol. The summed E-state index contributed by atoms with van der Waals surface area (Å²) in [7, 11) is 0. The molecule has 1 aromatic heterocycles. The van der Waals surface area contributed by atoms with Gasteiger partial charge in [0.25, 0.3) is 10.9 Å². The Labute approximate surface area is 202 Å². The van der Waals surface area contributed by atoms with Gasteiger partial charge in [-0.1, -0.05) is 43.3 Å². The fourth-order valence-corrected chi connectivity index (χ4v) is 4.02. The number of nitrogens with one attached hydrogen (secondary N) is 2. The Balaban J connectivity index is 1.56. The SMILES string of the molecule is CC[C@@](Cc1ccc(Nc2nccc3ccccc23)cc1)(Nc1c(OC(C)C)c(=O)c1=O)C(=O)O. The molecule has 0 amide bonds. The van der Waals surface area contributed by atoms with Crippen molar-refractivity contribution in [1.29, 1.82) is 0 Å². The van der Waals surface area contributed by atoms with Gasteiger partial charge in [0, 0.05) is 23.7 Å². The lowest BCUT2D eigenvalue weighted by molar-refractivity contribution is -0.142. The van der Waals surface area contributed by atoms with E-state index < -0.39 is 22.4 Å². The molecule has 0 bridgehead atoms. The lowest BCUT2D eigenvalue weighted by Crippen LogP contribution is -2.51. The van der Waals surface area contributed by atoms with Crippen LogP contribution in [0.15, 0.2) is 70.4 Å². The molecule has 0 aliphatic carbocycles. The number of carboxylic acid groups (broad SMARTS) is 1. The predicted octanol–water partition coefficient (Wildman–Crippen LogP) is 4.25. The Kier molecular flexibility index (Phi) is 6.55. The second-order valence-electron chi connectivity index (χ2n) is 8.77. The van der Waals surface area contributed by atoms with Gasteiger partial charge < -0.3 is 20.5 Å². The number of carboxylic acids is 1. The van der Waals surface area contributed by atoms with Crippen molar-refractivity contribution in [2.45, 2.75) is 45.3 Å². The highest BCUT2D eigenvalue weighted by molar-refractivity contribution is 5.93. The van der Waals surface area contributed by atoms with Crippen LogP contribution in [0.1, 0.15) is 32.8 Å². The minimum absolute atomic E-state index is 0.0757. The number of rotatable bonds is 10. The van der Waals surface area contributed by atoms with Gasteiger partial charge in [-0.15, -0.1) is 0 Å². The highest BCUT2D eigenvalue weighted by Crippen LogP contribution is 2.29. The summed E-state index contributed by atoms with van der Waals surface area (Å²) in [5, 5.41) is 18.3. The van der Waals surface area contributed by atoms with Crippen LogP contribution in [0, 0.1) is 0 Å². The van der Waals surface area contributed by atoms with Crippen LogP contribution in [-0.2, 0) is 11.2 Å². The van der Waals surface area contributed by atoms with Crippen molar-refractivity contribution in [3.8, 4) is 5.75 Å². The fourth-order valence-electron chi connectivity index (χ4n) is 4.02. The van der Waals surface area contributed by atoms with Crippen LogP contribution in [-0.4, -0.2) is 27.7 Å². The molecule has 3 aromatic carbocycles. The van der Waals surface area contributed by atoms with Crippen molar-refractivity contribution in [3.63, 3.8) is 0 Å². The molecule has 180 valence electrons. The summed E-state index contributed by atoms with van der Waals surface area (Å²) in [5.41, 5.74) is -1.51. The number of hydrogen-bond acceptors (Lipinski definition) is 7. The third-order valence-corrected chi connectivity index (χ3v) is 5.99. The summed E-state index contributed by atoms with van der Waals surface area (Å²) >= 11 is 0. The topological polar surface area (TPSA) is 118 Å². The fraction of sp³-hybridized carbons (Fsp3) is 0.259. The van der Waals surface area contributed by atoms with E-state index >= 15 is 0 Å². The molecule has 0 unspecified atom stereocenters. The molecule has 3 N–H and O–H groups in total. The van der Waals surface area contributed by atoms with E-state index in [0.717, 1.165) is 27.8 Å². The van der Waals surface area contributed by atoms with E-state index in [0.29, 0.717) is 0 Å². The number of nitrogens with zero attached hydrogens (tertiary/aromatic N) is 1. The van der Waals surface area contributed by atoms with Gasteiger partial charge in [0.2, 0.25) is 0 Å². The summed E-state index contributed by atoms with van der Waals surface area (Å²) in [6, 6.07) is 17.2. The molecule has 8 nitrogen and oxygen atoms in total. The Hall–Kier alpha value is -4.20. The molecule has 4 rings (SSSR count). The molecule has 4 aromatic rings. The largest absolute Gasteiger partial charge is 0.485 e. The van der Waals surface area contributed by atoms with Crippen LogP contribution in [0.5, 0.6) is 5.75 Å². The van der Waals surface area contributed by atoms with Crippen molar-refractivity contribution in [2.75, 3.05) is 10.6 Å². The molecular formula is C27H27N3O5. The zero-order valence-corrected chi connectivity index (χ0v) is 19.8. The maximum absolute atomic E-state index is 12.3. The van der Waals surface area contributed by atoms with Crippen LogP contribution in [0.25, 0.3) is 10.8 Å². The van der Waals surface area contributed by atoms with Gasteiger partial charge in [-0.3, -0.25) is 9.59 Å². The number of aromatic nitrogens is 1. The maximum Gasteiger partial charge on any atom is 0.329 e. The summed E-state index contributed by atoms with van der Waals surface area (Å²) in [6.45, 7) is 5.18. The van der Waals surface area contributed by atoms with Gasteiger partial charge in [0.15, 0.2) is 5.75 Å². The Bertz CT molecular complexity index is 1430. The number of benzene rings is 2. The first-order valence-electron chi connectivity index (χ1n) is 11.5. The van der Waals surface area contributed by atoms with E-state index in [9.17, 15) is 19.5 Å². The minimum atomic E-state index is -1.48. The average Bonchev–Trinajstić information content (AvgIpc) is 2.86. The number of hydrogen-bond donors (Lipinski definition) is 3. The van der Waals surface area contributed by atoms with E-state index in [2.05, 4.69) is 15.6 Å². The summed E-state index contributed by atoms with van der Waals surface area (Å²) in [5.74, 6) is -0.499. The number of ether oxygens (including phenoxy) is 1. The molecule has 8 heteroatoms. The first-order chi connectivity index (χ1) is 16.7. The second-order valence-corrected chi connectivity index (χ2v) is 8.77. The summed E-state index contributed by atoms with van der Waals surface area (Å²) in [4.78, 5) is 40.9. The van der Waals surface area contributed by atoms with Gasteiger partial charge in [-0.05, 0) is 49.4 Å². The predicted molar refractivity (Wildman–Crippen MR) is 137 cm³/mol. The highest BCUT2D eigenvalue weighted by Gasteiger charge is 2.40. The van der Waals surface area contributed by atoms with Crippen molar-refractivity contribution < 1.29 is 14.6 Å². The number of pyridine rings is 1. The first kappa shape index (κ1) is 23.9. The second kappa shape index (κ2) is 9.58. The molecule has 0 fully saturated rings. The molecule has 0 aliphatic heterocycles. The van der Waals surface area contributed by atoms with Gasteiger partial charge in [0.1, 0.15) is 17.0 Å². The van der Waals surface area contributed by atoms with Crippen LogP contribution < -0.4 is 26.2 Å². The highest BCUT2D eigenvalue weighted by atomic mass is 16.5. The molecule has 0 saturated heterocycles. The third-order valence-electron chi connectivity index (χ3n) is 5.99. The van der Waals surface area contributed by atoms with E-state index in [4.69, 9.17) is 4.74 Å². The van der Waals surface area contributed by atoms with Gasteiger partial charge in [0.05, 0.1) is 6.10 Å². The maximum atomic E-state index is 12.3. The van der Waals surface area contributed by atoms with Crippen LogP contribution in [0.2, 0.25) is 0 Å². The molecule has 0 radical (unpaired) electrons. The number of anilines is 3. The third kappa shape index (κ3) is 4.73. The summed E-state index contributed by atoms with van der Waals surface area (Å²) < 4.78 is 5.44. The smallest absolute Gasteiger partial charge is 0.329 e. The molecule has 1 atom stereocenters. The number of carbonyl (C=O) groups is 1. The van der Waals surface area contributed by atoms with Gasteiger partial charge >= 0.3 is 5.97 Å². The zero-order chi connectivity index (χ0) is 25.2. The van der Waals surface area contributed by atoms with E-state index in [-0.39, 0.29) is 30.4 Å². The molecule has 0 spiro atoms. The number of fused-ring (bicyclic) bond motifs is 1. The quantitative estimate of drug-likeness (QED) is 0.293. The summed E-state index contributed by atoms with van der Waals surface area (Å²) in [6.07, 6.45) is 1.70. The minimum Gasteiger partial charge on any atom is -0.485 e. The zero-order valence-electron chi connectivity index (χ0n) is 19.8. The molecule has 35 heavy (non-hydrogen) atoms. The van der Waals surface area contributed by atoms with E-state index in [1.807, 2.05) is 54.6 Å². The van der Waals surface area contributed by atoms with Crippen molar-refractivity contribution in [2.24, 2.45) is 0 Å². The molecule has 1 heterocycles. The van der Waals surface area contributed by atoms with Crippen molar-refractivity contribution >= 4 is 33.9 Å². The Morgan fingerprint density at radius 2 is 1.77 bits per heavy atom. The molecule has 0 aliphatic rings. The molecule has 0 saturated carbocycles.